The van der Waals surface area contributed by atoms with Gasteiger partial charge in [-0.15, -0.1) is 0 Å². The first-order valence-electron chi connectivity index (χ1n) is 7.24. The average molecular weight is 330 g/mol. The molecule has 0 saturated heterocycles. The molecule has 1 heterocycles. The summed E-state index contributed by atoms with van der Waals surface area (Å²) in [6.45, 7) is 2.31. The predicted octanol–water partition coefficient (Wildman–Crippen LogP) is 3.98. The average Bonchev–Trinajstić information content (AvgIpc) is 3.01. The molecule has 0 saturated carbocycles. The first kappa shape index (κ1) is 16.8. The van der Waals surface area contributed by atoms with Gasteiger partial charge in [0.1, 0.15) is 11.6 Å². The fourth-order valence-corrected chi connectivity index (χ4v) is 2.06. The number of esters is 1. The highest BCUT2D eigenvalue weighted by Crippen LogP contribution is 2.24. The van der Waals surface area contributed by atoms with Crippen LogP contribution >= 0.6 is 11.6 Å². The Balaban J connectivity index is 2.24. The molecule has 1 aromatic heterocycles. The second-order valence-electron chi connectivity index (χ2n) is 4.87. The minimum Gasteiger partial charge on any atom is -0.462 e. The number of benzene rings is 1. The van der Waals surface area contributed by atoms with E-state index in [9.17, 15) is 10.1 Å². The van der Waals surface area contributed by atoms with Crippen LogP contribution in [-0.2, 0) is 9.53 Å². The molecule has 0 atom stereocenters. The number of rotatable bonds is 6. The van der Waals surface area contributed by atoms with E-state index < -0.39 is 5.97 Å². The molecule has 0 radical (unpaired) electrons. The SMILES string of the molecule is CCCCOC(=O)/C(C#N)=C/c1cn[nH]c1-c1ccc(Cl)cc1. The van der Waals surface area contributed by atoms with Gasteiger partial charge in [-0.1, -0.05) is 37.1 Å². The van der Waals surface area contributed by atoms with Crippen molar-refractivity contribution in [2.75, 3.05) is 6.61 Å². The van der Waals surface area contributed by atoms with Gasteiger partial charge in [-0.2, -0.15) is 10.4 Å². The van der Waals surface area contributed by atoms with Crippen LogP contribution in [0.15, 0.2) is 36.0 Å². The lowest BCUT2D eigenvalue weighted by molar-refractivity contribution is -0.138. The largest absolute Gasteiger partial charge is 0.462 e. The minimum absolute atomic E-state index is 0.0577. The first-order valence-corrected chi connectivity index (χ1v) is 7.61. The van der Waals surface area contributed by atoms with Crippen molar-refractivity contribution in [3.05, 3.63) is 46.6 Å². The summed E-state index contributed by atoms with van der Waals surface area (Å²) in [7, 11) is 0. The number of aromatic amines is 1. The molecule has 5 nitrogen and oxygen atoms in total. The molecule has 0 fully saturated rings. The van der Waals surface area contributed by atoms with Crippen molar-refractivity contribution in [1.82, 2.24) is 10.2 Å². The molecule has 0 amide bonds. The zero-order chi connectivity index (χ0) is 16.7. The first-order chi connectivity index (χ1) is 11.2. The van der Waals surface area contributed by atoms with E-state index in [2.05, 4.69) is 10.2 Å². The predicted molar refractivity (Wildman–Crippen MR) is 88.5 cm³/mol. The summed E-state index contributed by atoms with van der Waals surface area (Å²) in [5, 5.41) is 16.7. The molecule has 0 unspecified atom stereocenters. The molecule has 118 valence electrons. The summed E-state index contributed by atoms with van der Waals surface area (Å²) in [5.41, 5.74) is 2.14. The minimum atomic E-state index is -0.621. The molecule has 23 heavy (non-hydrogen) atoms. The second kappa shape index (κ2) is 8.16. The number of ether oxygens (including phenoxy) is 1. The van der Waals surface area contributed by atoms with Gasteiger partial charge in [0.2, 0.25) is 0 Å². The fourth-order valence-electron chi connectivity index (χ4n) is 1.93. The van der Waals surface area contributed by atoms with Crippen molar-refractivity contribution < 1.29 is 9.53 Å². The van der Waals surface area contributed by atoms with Gasteiger partial charge in [0.25, 0.3) is 0 Å². The third-order valence-electron chi connectivity index (χ3n) is 3.17. The number of aromatic nitrogens is 2. The standard InChI is InChI=1S/C17H16ClN3O2/c1-2-3-8-23-17(22)13(10-19)9-14-11-20-21-16(14)12-4-6-15(18)7-5-12/h4-7,9,11H,2-3,8H2,1H3,(H,20,21)/b13-9+. The Morgan fingerprint density at radius 1 is 1.43 bits per heavy atom. The van der Waals surface area contributed by atoms with Crippen LogP contribution in [0.3, 0.4) is 0 Å². The van der Waals surface area contributed by atoms with Gasteiger partial charge < -0.3 is 4.74 Å². The number of hydrogen-bond acceptors (Lipinski definition) is 4. The van der Waals surface area contributed by atoms with Crippen molar-refractivity contribution in [3.63, 3.8) is 0 Å². The highest BCUT2D eigenvalue weighted by Gasteiger charge is 2.13. The molecule has 0 aliphatic rings. The van der Waals surface area contributed by atoms with Crippen molar-refractivity contribution >= 4 is 23.6 Å². The number of hydrogen-bond donors (Lipinski definition) is 1. The molecule has 1 aromatic carbocycles. The van der Waals surface area contributed by atoms with Crippen LogP contribution in [0.2, 0.25) is 5.02 Å². The molecular formula is C17H16ClN3O2. The number of H-pyrrole nitrogens is 1. The maximum Gasteiger partial charge on any atom is 0.348 e. The normalized spacial score (nSPS) is 11.1. The number of unbranched alkanes of at least 4 members (excludes halogenated alkanes) is 1. The Kier molecular flexibility index (Phi) is 5.95. The Hall–Kier alpha value is -2.58. The van der Waals surface area contributed by atoms with Gasteiger partial charge >= 0.3 is 5.97 Å². The number of nitrogens with one attached hydrogen (secondary N) is 1. The van der Waals surface area contributed by atoms with Crippen molar-refractivity contribution in [2.24, 2.45) is 0 Å². The van der Waals surface area contributed by atoms with E-state index in [1.807, 2.05) is 25.1 Å². The van der Waals surface area contributed by atoms with Gasteiger partial charge in [0, 0.05) is 16.1 Å². The summed E-state index contributed by atoms with van der Waals surface area (Å²) >= 11 is 5.88. The van der Waals surface area contributed by atoms with E-state index >= 15 is 0 Å². The van der Waals surface area contributed by atoms with E-state index in [-0.39, 0.29) is 5.57 Å². The Labute approximate surface area is 139 Å². The van der Waals surface area contributed by atoms with Gasteiger partial charge in [0.15, 0.2) is 0 Å². The van der Waals surface area contributed by atoms with E-state index in [1.54, 1.807) is 18.3 Å². The summed E-state index contributed by atoms with van der Waals surface area (Å²) in [6, 6.07) is 9.06. The van der Waals surface area contributed by atoms with E-state index in [1.165, 1.54) is 6.08 Å². The summed E-state index contributed by atoms with van der Waals surface area (Å²) < 4.78 is 5.07. The van der Waals surface area contributed by atoms with Crippen LogP contribution in [0.1, 0.15) is 25.3 Å². The molecule has 0 aliphatic carbocycles. The monoisotopic (exact) mass is 329 g/mol. The van der Waals surface area contributed by atoms with Gasteiger partial charge in [-0.05, 0) is 24.6 Å². The van der Waals surface area contributed by atoms with Crippen molar-refractivity contribution in [2.45, 2.75) is 19.8 Å². The highest BCUT2D eigenvalue weighted by atomic mass is 35.5. The molecular weight excluding hydrogens is 314 g/mol. The number of halogens is 1. The quantitative estimate of drug-likeness (QED) is 0.376. The molecule has 0 spiro atoms. The van der Waals surface area contributed by atoms with E-state index in [4.69, 9.17) is 16.3 Å². The van der Waals surface area contributed by atoms with Gasteiger partial charge in [-0.3, -0.25) is 5.10 Å². The van der Waals surface area contributed by atoms with E-state index in [0.717, 1.165) is 18.4 Å². The molecule has 6 heteroatoms. The lowest BCUT2D eigenvalue weighted by Gasteiger charge is -2.03. The highest BCUT2D eigenvalue weighted by molar-refractivity contribution is 6.30. The van der Waals surface area contributed by atoms with Gasteiger partial charge in [0.05, 0.1) is 18.5 Å². The number of carbonyl (C=O) groups is 1. The zero-order valence-corrected chi connectivity index (χ0v) is 13.4. The maximum absolute atomic E-state index is 11.9. The topological polar surface area (TPSA) is 78.8 Å². The smallest absolute Gasteiger partial charge is 0.348 e. The molecule has 0 aliphatic heterocycles. The van der Waals surface area contributed by atoms with Crippen LogP contribution in [0, 0.1) is 11.3 Å². The van der Waals surface area contributed by atoms with E-state index in [0.29, 0.717) is 22.9 Å². The van der Waals surface area contributed by atoms with Crippen LogP contribution in [0.4, 0.5) is 0 Å². The fraction of sp³-hybridized carbons (Fsp3) is 0.235. The number of carbonyl (C=O) groups excluding carboxylic acids is 1. The van der Waals surface area contributed by atoms with Crippen molar-refractivity contribution in [3.8, 4) is 17.3 Å². The summed E-state index contributed by atoms with van der Waals surface area (Å²) in [6.07, 6.45) is 4.72. The summed E-state index contributed by atoms with van der Waals surface area (Å²) in [4.78, 5) is 11.9. The molecule has 2 aromatic rings. The lowest BCUT2D eigenvalue weighted by atomic mass is 10.1. The zero-order valence-electron chi connectivity index (χ0n) is 12.7. The lowest BCUT2D eigenvalue weighted by Crippen LogP contribution is -2.07. The summed E-state index contributed by atoms with van der Waals surface area (Å²) in [5.74, 6) is -0.621. The third kappa shape index (κ3) is 4.44. The number of nitrogens with zero attached hydrogens (tertiary/aromatic N) is 2. The molecule has 0 bridgehead atoms. The Morgan fingerprint density at radius 2 is 2.17 bits per heavy atom. The second-order valence-corrected chi connectivity index (χ2v) is 5.30. The third-order valence-corrected chi connectivity index (χ3v) is 3.42. The molecule has 2 rings (SSSR count). The van der Waals surface area contributed by atoms with Crippen molar-refractivity contribution in [1.29, 1.82) is 5.26 Å². The van der Waals surface area contributed by atoms with Gasteiger partial charge in [-0.25, -0.2) is 4.79 Å². The van der Waals surface area contributed by atoms with Crippen LogP contribution in [0.5, 0.6) is 0 Å². The number of nitriles is 1. The molecule has 1 N–H and O–H groups in total. The Bertz CT molecular complexity index is 742. The van der Waals surface area contributed by atoms with Crippen LogP contribution in [-0.4, -0.2) is 22.8 Å². The maximum atomic E-state index is 11.9. The van der Waals surface area contributed by atoms with Crippen LogP contribution in [0.25, 0.3) is 17.3 Å². The Morgan fingerprint density at radius 3 is 2.83 bits per heavy atom. The van der Waals surface area contributed by atoms with Crippen LogP contribution < -0.4 is 0 Å².